The van der Waals surface area contributed by atoms with Crippen LogP contribution in [0.25, 0.3) is 22.4 Å². The molecule has 1 aliphatic rings. The summed E-state index contributed by atoms with van der Waals surface area (Å²) in [6.45, 7) is 1.93. The van der Waals surface area contributed by atoms with Gasteiger partial charge in [-0.05, 0) is 19.1 Å². The molecule has 0 radical (unpaired) electrons. The Bertz CT molecular complexity index is 942. The van der Waals surface area contributed by atoms with Gasteiger partial charge in [-0.3, -0.25) is 0 Å². The van der Waals surface area contributed by atoms with Crippen LogP contribution in [0.5, 0.6) is 0 Å². The van der Waals surface area contributed by atoms with Gasteiger partial charge in [-0.2, -0.15) is 9.78 Å². The van der Waals surface area contributed by atoms with Gasteiger partial charge in [0.1, 0.15) is 11.1 Å². The molecule has 0 atom stereocenters. The molecule has 0 unspecified atom stereocenters. The first kappa shape index (κ1) is 12.3. The van der Waals surface area contributed by atoms with E-state index in [1.807, 2.05) is 25.1 Å². The largest absolute Gasteiger partial charge is 0.422 e. The maximum absolute atomic E-state index is 12.2. The number of nitrogens with zero attached hydrogens (tertiary/aromatic N) is 4. The minimum Gasteiger partial charge on any atom is -0.422 e. The number of hydrogen-bond donors (Lipinski definition) is 0. The molecule has 0 bridgehead atoms. The van der Waals surface area contributed by atoms with Crippen LogP contribution in [0, 0.1) is 0 Å². The van der Waals surface area contributed by atoms with Crippen LogP contribution < -0.4 is 5.63 Å². The molecule has 0 spiro atoms. The smallest absolute Gasteiger partial charge is 0.347 e. The minimum atomic E-state index is -0.438. The number of thioether (sulfide) groups is 1. The lowest BCUT2D eigenvalue weighted by Crippen LogP contribution is -2.11. The summed E-state index contributed by atoms with van der Waals surface area (Å²) in [6.07, 6.45) is 0. The van der Waals surface area contributed by atoms with E-state index < -0.39 is 5.63 Å². The molecule has 0 saturated heterocycles. The summed E-state index contributed by atoms with van der Waals surface area (Å²) in [6, 6.07) is 9.14. The number of rotatable bonds is 1. The number of hydrogen-bond acceptors (Lipinski definition) is 6. The van der Waals surface area contributed by atoms with Crippen LogP contribution in [0.4, 0.5) is 0 Å². The fourth-order valence-electron chi connectivity index (χ4n) is 2.20. The van der Waals surface area contributed by atoms with E-state index in [1.165, 1.54) is 0 Å². The predicted octanol–water partition coefficient (Wildman–Crippen LogP) is 2.38. The fraction of sp³-hybridized carbons (Fsp3) is 0.143. The maximum atomic E-state index is 12.2. The van der Waals surface area contributed by atoms with Crippen molar-refractivity contribution in [2.45, 2.75) is 12.1 Å². The molecule has 6 nitrogen and oxygen atoms in total. The van der Waals surface area contributed by atoms with Crippen molar-refractivity contribution in [1.82, 2.24) is 14.9 Å². The highest BCUT2D eigenvalue weighted by molar-refractivity contribution is 7.99. The van der Waals surface area contributed by atoms with E-state index in [1.54, 1.807) is 28.6 Å². The summed E-state index contributed by atoms with van der Waals surface area (Å²) in [5, 5.41) is 14.1. The van der Waals surface area contributed by atoms with Gasteiger partial charge in [-0.1, -0.05) is 30.0 Å². The monoisotopic (exact) mass is 298 g/mol. The standard InChI is InChI=1S/C14H10N4O2S/c1-8-7-21-14-16-15-12(18(14)17-8)10-6-9-4-2-3-5-11(9)20-13(10)19/h2-6H,7H2,1H3. The van der Waals surface area contributed by atoms with Crippen molar-refractivity contribution in [3.63, 3.8) is 0 Å². The fourth-order valence-corrected chi connectivity index (χ4v) is 2.94. The van der Waals surface area contributed by atoms with Crippen molar-refractivity contribution < 1.29 is 4.42 Å². The van der Waals surface area contributed by atoms with Gasteiger partial charge >= 0.3 is 5.63 Å². The average molecular weight is 298 g/mol. The molecule has 104 valence electrons. The Morgan fingerprint density at radius 1 is 1.29 bits per heavy atom. The Balaban J connectivity index is 1.98. The van der Waals surface area contributed by atoms with Gasteiger partial charge in [-0.15, -0.1) is 10.2 Å². The predicted molar refractivity (Wildman–Crippen MR) is 80.7 cm³/mol. The van der Waals surface area contributed by atoms with Gasteiger partial charge < -0.3 is 4.42 Å². The summed E-state index contributed by atoms with van der Waals surface area (Å²) in [4.78, 5) is 12.2. The Labute approximate surface area is 123 Å². The lowest BCUT2D eigenvalue weighted by atomic mass is 10.2. The van der Waals surface area contributed by atoms with Gasteiger partial charge in [-0.25, -0.2) is 4.79 Å². The molecule has 7 heteroatoms. The summed E-state index contributed by atoms with van der Waals surface area (Å²) in [5.41, 5.74) is 1.44. The third kappa shape index (κ3) is 1.97. The Morgan fingerprint density at radius 3 is 3.05 bits per heavy atom. The zero-order chi connectivity index (χ0) is 14.4. The van der Waals surface area contributed by atoms with Crippen LogP contribution in [0.1, 0.15) is 6.92 Å². The molecule has 0 N–H and O–H groups in total. The molecule has 0 saturated carbocycles. The van der Waals surface area contributed by atoms with Gasteiger partial charge in [0.05, 0.1) is 0 Å². The number of para-hydroxylation sites is 1. The summed E-state index contributed by atoms with van der Waals surface area (Å²) in [5.74, 6) is 1.20. The van der Waals surface area contributed by atoms with E-state index in [0.717, 1.165) is 16.9 Å². The second-order valence-electron chi connectivity index (χ2n) is 4.73. The molecule has 0 amide bonds. The Kier molecular flexibility index (Phi) is 2.68. The van der Waals surface area contributed by atoms with Crippen LogP contribution in [0.15, 0.2) is 49.8 Å². The van der Waals surface area contributed by atoms with Crippen LogP contribution in [-0.4, -0.2) is 26.3 Å². The van der Waals surface area contributed by atoms with E-state index in [4.69, 9.17) is 4.42 Å². The van der Waals surface area contributed by atoms with Crippen LogP contribution in [0.3, 0.4) is 0 Å². The lowest BCUT2D eigenvalue weighted by Gasteiger charge is -2.10. The highest BCUT2D eigenvalue weighted by atomic mass is 32.2. The van der Waals surface area contributed by atoms with Gasteiger partial charge in [0.2, 0.25) is 5.16 Å². The number of benzene rings is 1. The van der Waals surface area contributed by atoms with Crippen molar-refractivity contribution in [2.24, 2.45) is 5.10 Å². The second kappa shape index (κ2) is 4.56. The number of aromatic nitrogens is 3. The van der Waals surface area contributed by atoms with E-state index in [-0.39, 0.29) is 0 Å². The van der Waals surface area contributed by atoms with E-state index in [9.17, 15) is 4.79 Å². The minimum absolute atomic E-state index is 0.367. The maximum Gasteiger partial charge on any atom is 0.347 e. The molecule has 0 aliphatic carbocycles. The van der Waals surface area contributed by atoms with Crippen molar-refractivity contribution in [2.75, 3.05) is 5.75 Å². The zero-order valence-electron chi connectivity index (χ0n) is 11.1. The lowest BCUT2D eigenvalue weighted by molar-refractivity contribution is 0.562. The summed E-state index contributed by atoms with van der Waals surface area (Å²) in [7, 11) is 0. The normalized spacial score (nSPS) is 14.0. The van der Waals surface area contributed by atoms with Gasteiger partial charge in [0, 0.05) is 16.9 Å². The van der Waals surface area contributed by atoms with Crippen molar-refractivity contribution in [3.05, 3.63) is 40.8 Å². The highest BCUT2D eigenvalue weighted by Crippen LogP contribution is 2.26. The average Bonchev–Trinajstić information content (AvgIpc) is 2.89. The first-order valence-electron chi connectivity index (χ1n) is 6.38. The van der Waals surface area contributed by atoms with E-state index >= 15 is 0 Å². The molecule has 2 aromatic heterocycles. The third-order valence-corrected chi connectivity index (χ3v) is 4.25. The SMILES string of the molecule is CC1=Nn2c(nnc2-c2cc3ccccc3oc2=O)SC1. The molecule has 1 aliphatic heterocycles. The topological polar surface area (TPSA) is 73.3 Å². The van der Waals surface area contributed by atoms with Crippen molar-refractivity contribution in [1.29, 1.82) is 0 Å². The van der Waals surface area contributed by atoms with E-state index in [0.29, 0.717) is 22.1 Å². The van der Waals surface area contributed by atoms with Crippen LogP contribution in [0.2, 0.25) is 0 Å². The molecular formula is C14H10N4O2S. The summed E-state index contributed by atoms with van der Waals surface area (Å²) < 4.78 is 6.94. The molecule has 4 rings (SSSR count). The van der Waals surface area contributed by atoms with Crippen molar-refractivity contribution in [3.8, 4) is 11.4 Å². The van der Waals surface area contributed by atoms with Gasteiger partial charge in [0.25, 0.3) is 0 Å². The second-order valence-corrected chi connectivity index (χ2v) is 5.67. The van der Waals surface area contributed by atoms with Crippen LogP contribution >= 0.6 is 11.8 Å². The zero-order valence-corrected chi connectivity index (χ0v) is 11.9. The van der Waals surface area contributed by atoms with Crippen molar-refractivity contribution >= 4 is 28.4 Å². The highest BCUT2D eigenvalue weighted by Gasteiger charge is 2.21. The summed E-state index contributed by atoms with van der Waals surface area (Å²) >= 11 is 1.55. The van der Waals surface area contributed by atoms with E-state index in [2.05, 4.69) is 15.3 Å². The first-order chi connectivity index (χ1) is 10.2. The molecular weight excluding hydrogens is 288 g/mol. The quantitative estimate of drug-likeness (QED) is 0.645. The molecule has 0 fully saturated rings. The molecule has 3 heterocycles. The molecule has 1 aromatic carbocycles. The Morgan fingerprint density at radius 2 is 2.14 bits per heavy atom. The Hall–Kier alpha value is -2.41. The van der Waals surface area contributed by atoms with Crippen LogP contribution in [-0.2, 0) is 0 Å². The van der Waals surface area contributed by atoms with Gasteiger partial charge in [0.15, 0.2) is 5.82 Å². The molecule has 3 aromatic rings. The number of fused-ring (bicyclic) bond motifs is 2. The molecule has 21 heavy (non-hydrogen) atoms. The third-order valence-electron chi connectivity index (χ3n) is 3.18. The first-order valence-corrected chi connectivity index (χ1v) is 7.37.